The van der Waals surface area contributed by atoms with E-state index >= 15 is 0 Å². The number of benzene rings is 3. The molecule has 1 aliphatic rings. The lowest BCUT2D eigenvalue weighted by Crippen LogP contribution is -2.19. The van der Waals surface area contributed by atoms with Crippen LogP contribution in [-0.2, 0) is 9.53 Å². The van der Waals surface area contributed by atoms with Gasteiger partial charge in [0.25, 0.3) is 5.91 Å². The predicted octanol–water partition coefficient (Wildman–Crippen LogP) is 7.49. The van der Waals surface area contributed by atoms with Crippen molar-refractivity contribution in [3.63, 3.8) is 0 Å². The summed E-state index contributed by atoms with van der Waals surface area (Å²) in [5.41, 5.74) is -0.861. The molecule has 2 atom stereocenters. The molecule has 2 amide bonds. The van der Waals surface area contributed by atoms with Gasteiger partial charge in [-0.2, -0.15) is 0 Å². The van der Waals surface area contributed by atoms with Crippen LogP contribution in [0.2, 0.25) is 15.1 Å². The second-order valence-corrected chi connectivity index (χ2v) is 11.0. The number of halogens is 7. The first-order valence-electron chi connectivity index (χ1n) is 10.7. The third-order valence-corrected chi connectivity index (χ3v) is 7.49. The third kappa shape index (κ3) is 5.55. The Morgan fingerprint density at radius 3 is 2.21 bits per heavy atom. The van der Waals surface area contributed by atoms with Crippen molar-refractivity contribution in [2.75, 3.05) is 17.7 Å². The van der Waals surface area contributed by atoms with Crippen LogP contribution in [-0.4, -0.2) is 29.2 Å². The molecular formula is C25H15Cl5F2N2O4. The van der Waals surface area contributed by atoms with E-state index in [1.807, 2.05) is 0 Å². The van der Waals surface area contributed by atoms with Crippen LogP contribution in [0.1, 0.15) is 32.2 Å². The van der Waals surface area contributed by atoms with Gasteiger partial charge in [-0.05, 0) is 54.1 Å². The molecule has 0 heterocycles. The van der Waals surface area contributed by atoms with Crippen LogP contribution in [0, 0.1) is 17.6 Å². The molecule has 6 nitrogen and oxygen atoms in total. The number of hydrogen-bond acceptors (Lipinski definition) is 4. The van der Waals surface area contributed by atoms with Gasteiger partial charge in [-0.25, -0.2) is 13.6 Å². The van der Waals surface area contributed by atoms with E-state index in [-0.39, 0.29) is 16.3 Å². The van der Waals surface area contributed by atoms with Crippen molar-refractivity contribution >= 4 is 87.2 Å². The molecule has 38 heavy (non-hydrogen) atoms. The lowest BCUT2D eigenvalue weighted by atomic mass is 10.1. The normalized spacial score (nSPS) is 17.5. The molecular weight excluding hydrogens is 608 g/mol. The molecule has 1 aliphatic carbocycles. The Hall–Kier alpha value is -2.62. The van der Waals surface area contributed by atoms with E-state index in [1.54, 1.807) is 12.1 Å². The molecule has 0 bridgehead atoms. The topological polar surface area (TPSA) is 84.5 Å². The van der Waals surface area contributed by atoms with Crippen LogP contribution < -0.4 is 10.6 Å². The Bertz CT molecular complexity index is 1460. The Kier molecular flexibility index (Phi) is 8.12. The van der Waals surface area contributed by atoms with Crippen molar-refractivity contribution in [1.82, 2.24) is 0 Å². The minimum Gasteiger partial charge on any atom is -0.465 e. The molecule has 0 spiro atoms. The second kappa shape index (κ2) is 10.9. The van der Waals surface area contributed by atoms with E-state index < -0.39 is 56.8 Å². The van der Waals surface area contributed by atoms with Gasteiger partial charge in [0.2, 0.25) is 5.91 Å². The van der Waals surface area contributed by atoms with Crippen LogP contribution in [0.5, 0.6) is 0 Å². The number of ether oxygens (including phenoxy) is 1. The maximum Gasteiger partial charge on any atom is 0.343 e. The highest BCUT2D eigenvalue weighted by molar-refractivity contribution is 6.53. The van der Waals surface area contributed by atoms with Crippen LogP contribution >= 0.6 is 58.0 Å². The molecule has 198 valence electrons. The quantitative estimate of drug-likeness (QED) is 0.220. The molecule has 0 aromatic heterocycles. The highest BCUT2D eigenvalue weighted by atomic mass is 35.5. The molecule has 13 heteroatoms. The number of hydrogen-bond donors (Lipinski definition) is 2. The van der Waals surface area contributed by atoms with Gasteiger partial charge >= 0.3 is 5.97 Å². The zero-order valence-electron chi connectivity index (χ0n) is 19.1. The predicted molar refractivity (Wildman–Crippen MR) is 143 cm³/mol. The number of carbonyl (C=O) groups is 3. The summed E-state index contributed by atoms with van der Waals surface area (Å²) < 4.78 is 31.6. The molecule has 1 saturated carbocycles. The van der Waals surface area contributed by atoms with Crippen LogP contribution in [0.3, 0.4) is 0 Å². The smallest absolute Gasteiger partial charge is 0.343 e. The number of methoxy groups -OCH3 is 1. The number of amides is 2. The summed E-state index contributed by atoms with van der Waals surface area (Å²) in [6, 6.07) is 10.5. The van der Waals surface area contributed by atoms with Gasteiger partial charge in [-0.15, -0.1) is 23.2 Å². The van der Waals surface area contributed by atoms with Crippen molar-refractivity contribution < 1.29 is 27.9 Å². The van der Waals surface area contributed by atoms with Gasteiger partial charge in [0.15, 0.2) is 5.82 Å². The van der Waals surface area contributed by atoms with E-state index in [2.05, 4.69) is 15.4 Å². The average molecular weight is 623 g/mol. The van der Waals surface area contributed by atoms with E-state index in [9.17, 15) is 23.2 Å². The molecule has 4 rings (SSSR count). The summed E-state index contributed by atoms with van der Waals surface area (Å²) in [5, 5.41) is 5.54. The maximum absolute atomic E-state index is 14.7. The lowest BCUT2D eigenvalue weighted by molar-refractivity contribution is -0.117. The third-order valence-electron chi connectivity index (χ3n) is 5.79. The van der Waals surface area contributed by atoms with Gasteiger partial charge in [-0.1, -0.05) is 34.8 Å². The fraction of sp³-hybridized carbons (Fsp3) is 0.160. The monoisotopic (exact) mass is 620 g/mol. The van der Waals surface area contributed by atoms with Crippen molar-refractivity contribution in [1.29, 1.82) is 0 Å². The first-order valence-corrected chi connectivity index (χ1v) is 12.6. The van der Waals surface area contributed by atoms with E-state index in [1.165, 1.54) is 24.3 Å². The van der Waals surface area contributed by atoms with E-state index in [0.29, 0.717) is 15.6 Å². The Labute approximate surface area is 240 Å². The summed E-state index contributed by atoms with van der Waals surface area (Å²) in [6.07, 6.45) is 0. The van der Waals surface area contributed by atoms with Gasteiger partial charge < -0.3 is 15.4 Å². The molecule has 1 fully saturated rings. The summed E-state index contributed by atoms with van der Waals surface area (Å²) in [4.78, 5) is 37.6. The van der Waals surface area contributed by atoms with Crippen molar-refractivity contribution in [2.24, 2.45) is 5.92 Å². The first-order chi connectivity index (χ1) is 17.8. The van der Waals surface area contributed by atoms with Gasteiger partial charge in [0.05, 0.1) is 29.3 Å². The van der Waals surface area contributed by atoms with E-state index in [0.717, 1.165) is 19.2 Å². The Balaban J connectivity index is 1.54. The van der Waals surface area contributed by atoms with Gasteiger partial charge in [-0.3, -0.25) is 9.59 Å². The number of anilines is 2. The summed E-state index contributed by atoms with van der Waals surface area (Å²) in [7, 11) is 0.957. The highest BCUT2D eigenvalue weighted by Gasteiger charge is 2.67. The SMILES string of the molecule is COC(=O)c1c(F)ccc(NC(=O)c2cc(NC(=O)[C@H]3[C@H](c4cc(Cl)cc(Cl)c4)C3(Cl)Cl)ccc2Cl)c1F. The molecule has 0 radical (unpaired) electrons. The van der Waals surface area contributed by atoms with Crippen molar-refractivity contribution in [3.05, 3.63) is 91.9 Å². The minimum atomic E-state index is -1.43. The zero-order valence-corrected chi connectivity index (χ0v) is 22.8. The molecule has 0 unspecified atom stereocenters. The number of esters is 1. The minimum absolute atomic E-state index is 0.0295. The van der Waals surface area contributed by atoms with Crippen LogP contribution in [0.25, 0.3) is 0 Å². The first kappa shape index (κ1) is 28.4. The number of carbonyl (C=O) groups excluding carboxylic acids is 3. The summed E-state index contributed by atoms with van der Waals surface area (Å²) in [6.45, 7) is 0. The second-order valence-electron chi connectivity index (χ2n) is 8.25. The van der Waals surface area contributed by atoms with Crippen molar-refractivity contribution in [2.45, 2.75) is 10.3 Å². The van der Waals surface area contributed by atoms with Crippen LogP contribution in [0.15, 0.2) is 48.5 Å². The van der Waals surface area contributed by atoms with E-state index in [4.69, 9.17) is 58.0 Å². The average Bonchev–Trinajstić information content (AvgIpc) is 3.43. The molecule has 2 N–H and O–H groups in total. The summed E-state index contributed by atoms with van der Waals surface area (Å²) >= 11 is 31.0. The van der Waals surface area contributed by atoms with Crippen LogP contribution in [0.4, 0.5) is 20.2 Å². The number of alkyl halides is 2. The van der Waals surface area contributed by atoms with Gasteiger partial charge in [0, 0.05) is 21.7 Å². The fourth-order valence-electron chi connectivity index (χ4n) is 3.95. The van der Waals surface area contributed by atoms with Crippen molar-refractivity contribution in [3.8, 4) is 0 Å². The number of nitrogens with one attached hydrogen (secondary N) is 2. The molecule has 0 saturated heterocycles. The largest absolute Gasteiger partial charge is 0.465 e. The Morgan fingerprint density at radius 1 is 0.921 bits per heavy atom. The maximum atomic E-state index is 14.7. The molecule has 0 aliphatic heterocycles. The highest BCUT2D eigenvalue weighted by Crippen LogP contribution is 2.65. The zero-order chi connectivity index (χ0) is 27.9. The number of rotatable bonds is 6. The van der Waals surface area contributed by atoms with Gasteiger partial charge in [0.1, 0.15) is 15.7 Å². The standard InChI is InChI=1S/C25H15Cl5F2N2O4/c1-38-24(37)18-16(31)4-5-17(21(18)32)34-22(35)14-9-13(2-3-15(14)28)33-23(36)20-19(25(20,29)30)10-6-11(26)8-12(27)7-10/h2-9,19-20H,1H3,(H,33,36)(H,34,35)/t19-,20+/m0/s1. The molecule has 3 aromatic rings. The lowest BCUT2D eigenvalue weighted by Gasteiger charge is -2.12. The summed E-state index contributed by atoms with van der Waals surface area (Å²) in [5.74, 6) is -6.64. The molecule has 3 aromatic carbocycles. The Morgan fingerprint density at radius 2 is 1.58 bits per heavy atom. The fourth-order valence-corrected chi connectivity index (χ4v) is 5.52.